The van der Waals surface area contributed by atoms with Gasteiger partial charge in [0.2, 0.25) is 0 Å². The van der Waals surface area contributed by atoms with E-state index in [1.165, 1.54) is 0 Å². The van der Waals surface area contributed by atoms with Gasteiger partial charge in [-0.15, -0.1) is 0 Å². The third-order valence-electron chi connectivity index (χ3n) is 1.27. The van der Waals surface area contributed by atoms with Gasteiger partial charge in [0.15, 0.2) is 0 Å². The fourth-order valence-corrected chi connectivity index (χ4v) is 2.60. The molecule has 4 heteroatoms. The van der Waals surface area contributed by atoms with Gasteiger partial charge in [-0.3, -0.25) is 0 Å². The highest BCUT2D eigenvalue weighted by atomic mass is 32.2. The molecular weight excluding hydrogens is 174 g/mol. The van der Waals surface area contributed by atoms with Crippen LogP contribution in [-0.4, -0.2) is 32.0 Å². The Kier molecular flexibility index (Phi) is 3.75. The smallest absolute Gasteiger partial charge is 0.0764 e. The Labute approximate surface area is 75.4 Å². The molecule has 0 fully saturated rings. The summed E-state index contributed by atoms with van der Waals surface area (Å²) in [4.78, 5) is 0. The zero-order chi connectivity index (χ0) is 9.99. The lowest BCUT2D eigenvalue weighted by Gasteiger charge is -2.28. The second kappa shape index (κ2) is 3.77. The van der Waals surface area contributed by atoms with E-state index in [2.05, 4.69) is 11.2 Å². The minimum atomic E-state index is -2.89. The van der Waals surface area contributed by atoms with Gasteiger partial charge >= 0.3 is 0 Å². The molecule has 1 unspecified atom stereocenters. The largest absolute Gasteiger partial charge is 0.314 e. The summed E-state index contributed by atoms with van der Waals surface area (Å²) in [5, 5.41) is 3.20. The summed E-state index contributed by atoms with van der Waals surface area (Å²) in [7, 11) is -2.89. The summed E-state index contributed by atoms with van der Waals surface area (Å²) in [6.07, 6.45) is 0. The Morgan fingerprint density at radius 1 is 1.58 bits per heavy atom. The first-order valence-electron chi connectivity index (χ1n) is 3.97. The van der Waals surface area contributed by atoms with Gasteiger partial charge in [0.05, 0.1) is 15.6 Å². The van der Waals surface area contributed by atoms with E-state index < -0.39 is 9.80 Å². The van der Waals surface area contributed by atoms with E-state index in [4.69, 9.17) is 4.55 Å². The summed E-state index contributed by atoms with van der Waals surface area (Å²) < 4.78 is 20.0. The van der Waals surface area contributed by atoms with Crippen molar-refractivity contribution in [2.45, 2.75) is 39.3 Å². The molecule has 0 aliphatic rings. The van der Waals surface area contributed by atoms with Crippen LogP contribution in [-0.2, 0) is 9.80 Å². The average Bonchev–Trinajstić information content (AvgIpc) is 1.48. The van der Waals surface area contributed by atoms with Crippen LogP contribution in [0.25, 0.3) is 0 Å². The third-order valence-corrected chi connectivity index (χ3v) is 2.44. The zero-order valence-electron chi connectivity index (χ0n) is 8.26. The molecule has 12 heavy (non-hydrogen) atoms. The van der Waals surface area contributed by atoms with E-state index in [0.29, 0.717) is 6.04 Å². The Morgan fingerprint density at radius 3 is 2.25 bits per heavy atom. The summed E-state index contributed by atoms with van der Waals surface area (Å²) in [6.45, 7) is 7.80. The van der Waals surface area contributed by atoms with Crippen molar-refractivity contribution in [1.29, 1.82) is 0 Å². The molecule has 0 spiro atoms. The van der Waals surface area contributed by atoms with Gasteiger partial charge in [-0.05, 0) is 19.7 Å². The van der Waals surface area contributed by atoms with E-state index in [9.17, 15) is 4.21 Å². The minimum absolute atomic E-state index is 0.179. The predicted octanol–water partition coefficient (Wildman–Crippen LogP) is 0.952. The Bertz CT molecular complexity index is 229. The standard InChI is InChI=1S/C8H19NO2S/c1-7(2)9-8(3,4)6-12(5,10)11/h7,9H,5-6H2,1-4H3,(H,10,11). The fourth-order valence-electron chi connectivity index (χ4n) is 1.39. The molecule has 0 rings (SSSR count). The maximum Gasteiger partial charge on any atom is 0.0764 e. The molecule has 74 valence electrons. The fraction of sp³-hybridized carbons (Fsp3) is 0.875. The summed E-state index contributed by atoms with van der Waals surface area (Å²) in [6, 6.07) is 0.307. The van der Waals surface area contributed by atoms with Gasteiger partial charge in [0.1, 0.15) is 0 Å². The number of rotatable bonds is 4. The maximum atomic E-state index is 11.0. The molecule has 1 atom stereocenters. The highest BCUT2D eigenvalue weighted by Gasteiger charge is 2.21. The van der Waals surface area contributed by atoms with Gasteiger partial charge in [-0.25, -0.2) is 4.21 Å². The van der Waals surface area contributed by atoms with Crippen molar-refractivity contribution in [2.75, 3.05) is 5.75 Å². The monoisotopic (exact) mass is 193 g/mol. The number of hydrogen-bond donors (Lipinski definition) is 2. The normalized spacial score (nSPS) is 17.8. The molecule has 0 saturated carbocycles. The first-order chi connectivity index (χ1) is 5.12. The van der Waals surface area contributed by atoms with Gasteiger partial charge in [0, 0.05) is 11.6 Å². The van der Waals surface area contributed by atoms with Crippen LogP contribution in [0, 0.1) is 0 Å². The van der Waals surface area contributed by atoms with Crippen LogP contribution in [0.1, 0.15) is 27.7 Å². The van der Waals surface area contributed by atoms with Crippen LogP contribution in [0.4, 0.5) is 0 Å². The predicted molar refractivity (Wildman–Crippen MR) is 55.1 cm³/mol. The van der Waals surface area contributed by atoms with Crippen LogP contribution in [0.5, 0.6) is 0 Å². The molecule has 0 amide bonds. The molecule has 0 aromatic carbocycles. The van der Waals surface area contributed by atoms with Crippen molar-refractivity contribution in [3.8, 4) is 0 Å². The molecule has 3 nitrogen and oxygen atoms in total. The van der Waals surface area contributed by atoms with E-state index in [1.807, 2.05) is 27.7 Å². The lowest BCUT2D eigenvalue weighted by molar-refractivity contribution is 0.383. The van der Waals surface area contributed by atoms with E-state index in [1.54, 1.807) is 0 Å². The SMILES string of the molecule is C=S(=O)(O)CC(C)(C)NC(C)C. The van der Waals surface area contributed by atoms with Crippen LogP contribution >= 0.6 is 0 Å². The van der Waals surface area contributed by atoms with Gasteiger partial charge in [0.25, 0.3) is 0 Å². The van der Waals surface area contributed by atoms with Gasteiger partial charge < -0.3 is 9.87 Å². The molecular formula is C8H19NO2S. The Balaban J connectivity index is 4.23. The van der Waals surface area contributed by atoms with Crippen LogP contribution in [0.15, 0.2) is 0 Å². The average molecular weight is 193 g/mol. The highest BCUT2D eigenvalue weighted by molar-refractivity contribution is 7.95. The number of nitrogens with one attached hydrogen (secondary N) is 1. The summed E-state index contributed by atoms with van der Waals surface area (Å²) >= 11 is 0. The van der Waals surface area contributed by atoms with Crippen molar-refractivity contribution >= 4 is 15.7 Å². The van der Waals surface area contributed by atoms with Crippen molar-refractivity contribution in [3.63, 3.8) is 0 Å². The van der Waals surface area contributed by atoms with Crippen LogP contribution in [0.2, 0.25) is 0 Å². The second-order valence-electron chi connectivity index (χ2n) is 4.10. The molecule has 2 N–H and O–H groups in total. The highest BCUT2D eigenvalue weighted by Crippen LogP contribution is 2.06. The summed E-state index contributed by atoms with van der Waals surface area (Å²) in [5.74, 6) is 3.38. The van der Waals surface area contributed by atoms with Crippen molar-refractivity contribution in [1.82, 2.24) is 5.32 Å². The first-order valence-corrected chi connectivity index (χ1v) is 5.83. The molecule has 0 radical (unpaired) electrons. The minimum Gasteiger partial charge on any atom is -0.314 e. The van der Waals surface area contributed by atoms with E-state index in [0.717, 1.165) is 0 Å². The van der Waals surface area contributed by atoms with Gasteiger partial charge in [-0.1, -0.05) is 13.8 Å². The molecule has 0 saturated heterocycles. The summed E-state index contributed by atoms with van der Waals surface area (Å²) in [5.41, 5.74) is -0.332. The second-order valence-corrected chi connectivity index (χ2v) is 5.93. The molecule has 0 heterocycles. The van der Waals surface area contributed by atoms with E-state index in [-0.39, 0.29) is 11.3 Å². The quantitative estimate of drug-likeness (QED) is 0.654. The van der Waals surface area contributed by atoms with Crippen molar-refractivity contribution < 1.29 is 8.76 Å². The molecule has 0 bridgehead atoms. The molecule has 0 aromatic rings. The lowest BCUT2D eigenvalue weighted by Crippen LogP contribution is -2.48. The Morgan fingerprint density at radius 2 is 2.00 bits per heavy atom. The molecule has 0 aliphatic heterocycles. The molecule has 0 aromatic heterocycles. The van der Waals surface area contributed by atoms with Crippen LogP contribution in [0.3, 0.4) is 0 Å². The number of hydrogen-bond acceptors (Lipinski definition) is 2. The topological polar surface area (TPSA) is 49.3 Å². The van der Waals surface area contributed by atoms with Crippen LogP contribution < -0.4 is 5.32 Å². The zero-order valence-corrected chi connectivity index (χ0v) is 9.07. The van der Waals surface area contributed by atoms with Crippen molar-refractivity contribution in [2.24, 2.45) is 0 Å². The van der Waals surface area contributed by atoms with E-state index >= 15 is 0 Å². The van der Waals surface area contributed by atoms with Gasteiger partial charge in [-0.2, -0.15) is 0 Å². The molecule has 0 aliphatic carbocycles. The maximum absolute atomic E-state index is 11.0. The first kappa shape index (κ1) is 11.9. The Hall–Kier alpha value is -0.0600. The third kappa shape index (κ3) is 6.64. The lowest BCUT2D eigenvalue weighted by atomic mass is 10.1. The van der Waals surface area contributed by atoms with Crippen molar-refractivity contribution in [3.05, 3.63) is 0 Å².